The van der Waals surface area contributed by atoms with Crippen LogP contribution in [0, 0.1) is 5.92 Å². The highest BCUT2D eigenvalue weighted by Gasteiger charge is 2.08. The average Bonchev–Trinajstić information content (AvgIpc) is 2.31. The molecule has 1 heterocycles. The van der Waals surface area contributed by atoms with E-state index in [4.69, 9.17) is 4.74 Å². The van der Waals surface area contributed by atoms with Crippen molar-refractivity contribution in [2.45, 2.75) is 20.8 Å². The molecule has 1 aliphatic rings. The second kappa shape index (κ2) is 12.3. The van der Waals surface area contributed by atoms with Crippen molar-refractivity contribution in [2.75, 3.05) is 59.5 Å². The lowest BCUT2D eigenvalue weighted by atomic mass is 10.2. The molecule has 0 saturated carbocycles. The maximum atomic E-state index is 5.24. The Morgan fingerprint density at radius 3 is 2.29 bits per heavy atom. The van der Waals surface area contributed by atoms with Crippen molar-refractivity contribution in [1.29, 1.82) is 0 Å². The van der Waals surface area contributed by atoms with E-state index in [0.29, 0.717) is 0 Å². The normalized spacial score (nSPS) is 16.8. The van der Waals surface area contributed by atoms with E-state index in [1.807, 2.05) is 7.05 Å². The van der Waals surface area contributed by atoms with Gasteiger partial charge in [0.1, 0.15) is 0 Å². The summed E-state index contributed by atoms with van der Waals surface area (Å²) < 4.78 is 5.24. The van der Waals surface area contributed by atoms with E-state index in [1.54, 1.807) is 0 Å². The number of ether oxygens (including phenoxy) is 1. The molecule has 0 spiro atoms. The average molecular weight is 245 g/mol. The van der Waals surface area contributed by atoms with Gasteiger partial charge in [0.05, 0.1) is 13.2 Å². The Kier molecular flexibility index (Phi) is 12.2. The number of hydrogen-bond donors (Lipinski definition) is 2. The summed E-state index contributed by atoms with van der Waals surface area (Å²) in [6.45, 7) is 15.0. The standard InChI is InChI=1S/C8H18N2O.C5H13N/c1-2-9-3-4-10-5-7-11-8-6-10;1-5(2)4-6-3/h9H,2-8H2,1H3;5-6H,4H2,1-3H3. The zero-order valence-electron chi connectivity index (χ0n) is 12.1. The van der Waals surface area contributed by atoms with Crippen LogP contribution < -0.4 is 10.6 Å². The third kappa shape index (κ3) is 12.1. The van der Waals surface area contributed by atoms with Crippen molar-refractivity contribution >= 4 is 0 Å². The Labute approximate surface area is 107 Å². The fraction of sp³-hybridized carbons (Fsp3) is 1.00. The monoisotopic (exact) mass is 245 g/mol. The molecule has 0 atom stereocenters. The number of rotatable bonds is 6. The maximum Gasteiger partial charge on any atom is 0.0594 e. The van der Waals surface area contributed by atoms with Crippen LogP contribution in [-0.4, -0.2) is 64.4 Å². The van der Waals surface area contributed by atoms with Crippen LogP contribution >= 0.6 is 0 Å². The van der Waals surface area contributed by atoms with Gasteiger partial charge in [-0.1, -0.05) is 20.8 Å². The van der Waals surface area contributed by atoms with E-state index in [1.165, 1.54) is 0 Å². The van der Waals surface area contributed by atoms with Gasteiger partial charge in [-0.3, -0.25) is 4.90 Å². The number of nitrogens with zero attached hydrogens (tertiary/aromatic N) is 1. The van der Waals surface area contributed by atoms with Crippen LogP contribution in [0.15, 0.2) is 0 Å². The largest absolute Gasteiger partial charge is 0.379 e. The molecule has 1 aliphatic heterocycles. The van der Waals surface area contributed by atoms with E-state index in [2.05, 4.69) is 36.3 Å². The molecule has 4 heteroatoms. The summed E-state index contributed by atoms with van der Waals surface area (Å²) in [4.78, 5) is 2.44. The van der Waals surface area contributed by atoms with Crippen molar-refractivity contribution in [2.24, 2.45) is 5.92 Å². The van der Waals surface area contributed by atoms with Gasteiger partial charge in [-0.15, -0.1) is 0 Å². The second-order valence-corrected chi connectivity index (χ2v) is 4.76. The van der Waals surface area contributed by atoms with Crippen LogP contribution in [0.5, 0.6) is 0 Å². The smallest absolute Gasteiger partial charge is 0.0594 e. The third-order valence-electron chi connectivity index (χ3n) is 2.57. The van der Waals surface area contributed by atoms with E-state index in [9.17, 15) is 0 Å². The van der Waals surface area contributed by atoms with E-state index >= 15 is 0 Å². The van der Waals surface area contributed by atoms with Crippen molar-refractivity contribution in [1.82, 2.24) is 15.5 Å². The molecule has 4 nitrogen and oxygen atoms in total. The summed E-state index contributed by atoms with van der Waals surface area (Å²) in [5.41, 5.74) is 0. The van der Waals surface area contributed by atoms with Crippen LogP contribution in [-0.2, 0) is 4.74 Å². The second-order valence-electron chi connectivity index (χ2n) is 4.76. The Hall–Kier alpha value is -0.160. The molecule has 0 bridgehead atoms. The highest BCUT2D eigenvalue weighted by atomic mass is 16.5. The van der Waals surface area contributed by atoms with Gasteiger partial charge in [0.15, 0.2) is 0 Å². The maximum absolute atomic E-state index is 5.24. The van der Waals surface area contributed by atoms with Crippen LogP contribution in [0.25, 0.3) is 0 Å². The van der Waals surface area contributed by atoms with Gasteiger partial charge >= 0.3 is 0 Å². The van der Waals surface area contributed by atoms with Gasteiger partial charge in [-0.25, -0.2) is 0 Å². The minimum Gasteiger partial charge on any atom is -0.379 e. The molecular formula is C13H31N3O. The molecule has 104 valence electrons. The van der Waals surface area contributed by atoms with Gasteiger partial charge in [0.2, 0.25) is 0 Å². The topological polar surface area (TPSA) is 36.5 Å². The first-order chi connectivity index (χ1) is 8.20. The van der Waals surface area contributed by atoms with Crippen molar-refractivity contribution < 1.29 is 4.74 Å². The van der Waals surface area contributed by atoms with Gasteiger partial charge < -0.3 is 15.4 Å². The summed E-state index contributed by atoms with van der Waals surface area (Å²) in [6, 6.07) is 0. The zero-order valence-corrected chi connectivity index (χ0v) is 12.1. The molecule has 0 aliphatic carbocycles. The Balaban J connectivity index is 0.000000366. The molecule has 0 aromatic carbocycles. The fourth-order valence-corrected chi connectivity index (χ4v) is 1.65. The predicted octanol–water partition coefficient (Wildman–Crippen LogP) is 0.790. The van der Waals surface area contributed by atoms with Gasteiger partial charge in [-0.2, -0.15) is 0 Å². The van der Waals surface area contributed by atoms with Crippen molar-refractivity contribution in [3.8, 4) is 0 Å². The van der Waals surface area contributed by atoms with Crippen LogP contribution in [0.1, 0.15) is 20.8 Å². The first kappa shape index (κ1) is 16.8. The third-order valence-corrected chi connectivity index (χ3v) is 2.57. The molecule has 0 radical (unpaired) electrons. The summed E-state index contributed by atoms with van der Waals surface area (Å²) in [7, 11) is 1.97. The number of nitrogens with one attached hydrogen (secondary N) is 2. The van der Waals surface area contributed by atoms with Crippen LogP contribution in [0.3, 0.4) is 0 Å². The number of morpholine rings is 1. The summed E-state index contributed by atoms with van der Waals surface area (Å²) in [5, 5.41) is 6.38. The molecule has 2 N–H and O–H groups in total. The van der Waals surface area contributed by atoms with Crippen molar-refractivity contribution in [3.63, 3.8) is 0 Å². The van der Waals surface area contributed by atoms with E-state index in [0.717, 1.165) is 58.4 Å². The van der Waals surface area contributed by atoms with Crippen molar-refractivity contribution in [3.05, 3.63) is 0 Å². The lowest BCUT2D eigenvalue weighted by Crippen LogP contribution is -2.40. The lowest BCUT2D eigenvalue weighted by molar-refractivity contribution is 0.0385. The Morgan fingerprint density at radius 2 is 1.88 bits per heavy atom. The van der Waals surface area contributed by atoms with Crippen LogP contribution in [0.2, 0.25) is 0 Å². The first-order valence-electron chi connectivity index (χ1n) is 6.86. The highest BCUT2D eigenvalue weighted by molar-refractivity contribution is 4.62. The Bertz CT molecular complexity index is 148. The molecule has 1 rings (SSSR count). The minimum absolute atomic E-state index is 0.787. The molecule has 0 unspecified atom stereocenters. The molecule has 1 saturated heterocycles. The fourth-order valence-electron chi connectivity index (χ4n) is 1.65. The molecule has 0 amide bonds. The molecule has 0 aromatic heterocycles. The van der Waals surface area contributed by atoms with Gasteiger partial charge in [0, 0.05) is 26.2 Å². The SMILES string of the molecule is CCNCCN1CCOCC1.CNCC(C)C. The first-order valence-corrected chi connectivity index (χ1v) is 6.86. The van der Waals surface area contributed by atoms with Crippen LogP contribution in [0.4, 0.5) is 0 Å². The number of likely N-dealkylation sites (N-methyl/N-ethyl adjacent to an activating group) is 1. The summed E-state index contributed by atoms with van der Waals surface area (Å²) >= 11 is 0. The minimum atomic E-state index is 0.787. The highest BCUT2D eigenvalue weighted by Crippen LogP contribution is 1.94. The molecular weight excluding hydrogens is 214 g/mol. The lowest BCUT2D eigenvalue weighted by Gasteiger charge is -2.26. The molecule has 17 heavy (non-hydrogen) atoms. The van der Waals surface area contributed by atoms with Gasteiger partial charge in [-0.05, 0) is 26.1 Å². The van der Waals surface area contributed by atoms with E-state index < -0.39 is 0 Å². The number of hydrogen-bond acceptors (Lipinski definition) is 4. The van der Waals surface area contributed by atoms with Gasteiger partial charge in [0.25, 0.3) is 0 Å². The quantitative estimate of drug-likeness (QED) is 0.679. The molecule has 0 aromatic rings. The summed E-state index contributed by atoms with van der Waals surface area (Å²) in [5.74, 6) is 0.787. The zero-order chi connectivity index (χ0) is 12.9. The van der Waals surface area contributed by atoms with E-state index in [-0.39, 0.29) is 0 Å². The predicted molar refractivity (Wildman–Crippen MR) is 74.6 cm³/mol. The Morgan fingerprint density at radius 1 is 1.24 bits per heavy atom. The molecule has 1 fully saturated rings. The summed E-state index contributed by atoms with van der Waals surface area (Å²) in [6.07, 6.45) is 0.